The molecule has 0 spiro atoms. The predicted octanol–water partition coefficient (Wildman–Crippen LogP) is 29.2. The number of para-hydroxylation sites is 1. The molecular weight excluding hydrogens is 2080 g/mol. The summed E-state index contributed by atoms with van der Waals surface area (Å²) < 4.78 is 6.12. The summed E-state index contributed by atoms with van der Waals surface area (Å²) in [5.74, 6) is 1.42. The van der Waals surface area contributed by atoms with Gasteiger partial charge in [0.05, 0.1) is 33.8 Å². The number of carbonyl (C=O) groups excluding carboxylic acids is 3. The molecule has 10 nitrogen and oxygen atoms in total. The molecular formula is C112H112Ir3N3O7-3. The standard InChI is InChI=1S/2C32H26N.C27H24NO.C11H20O2.2C5H8O2.3Ir/c2*1-20-14-21(2)16-23(15-20)30-18-25(22-10-6-5-7-11-22)27-17-26-24-12-8-9-13-28(24)32(3,4)29(26)19-31(27)33-30;1-16(2)9-19-13-24(20-11-17(3)10-18(4)12-20)28-25-15-27-23(14-22(19)25)21-7-5-6-8-26(21)29-27;1-8(2)5-10(12)7-11(13)6-9(3)4;2*1-4(6)3-5(2)7;;;/h2*5-15,17-19H,1-4H3;5-8,10-11,13-16H,9H2,1-4H3;7-9,12H,5-6H2,1-4H3;2*3,6H,1-2H3;;;/q3*-1;;;;;;. The molecule has 0 saturated carbocycles. The first-order valence-electron chi connectivity index (χ1n) is 42.2. The van der Waals surface area contributed by atoms with Gasteiger partial charge in [0.1, 0.15) is 11.2 Å². The Bertz CT molecular complexity index is 6230. The van der Waals surface area contributed by atoms with Crippen LogP contribution in [0.4, 0.5) is 0 Å². The number of aromatic nitrogens is 3. The van der Waals surface area contributed by atoms with Crippen molar-refractivity contribution in [3.8, 4) is 78.3 Å². The van der Waals surface area contributed by atoms with Gasteiger partial charge in [0.25, 0.3) is 0 Å². The Hall–Kier alpha value is -11.0. The van der Waals surface area contributed by atoms with Crippen LogP contribution in [0.2, 0.25) is 0 Å². The molecule has 0 bridgehead atoms. The van der Waals surface area contributed by atoms with Crippen molar-refractivity contribution < 1.29 is 94.4 Å². The van der Waals surface area contributed by atoms with Crippen LogP contribution in [0.25, 0.3) is 133 Å². The molecule has 2 aliphatic carbocycles. The van der Waals surface area contributed by atoms with Gasteiger partial charge in [0.2, 0.25) is 0 Å². The number of aliphatic hydroxyl groups excluding tert-OH is 3. The van der Waals surface area contributed by atoms with Crippen LogP contribution in [0, 0.1) is 77.5 Å². The molecule has 17 rings (SSSR count). The van der Waals surface area contributed by atoms with Gasteiger partial charge in [-0.3, -0.25) is 29.3 Å². The molecule has 0 atom stereocenters. The Kier molecular flexibility index (Phi) is 33.1. The monoisotopic (exact) mass is 2190 g/mol. The molecule has 0 saturated heterocycles. The molecule has 11 aromatic carbocycles. The largest absolute Gasteiger partial charge is 0.512 e. The van der Waals surface area contributed by atoms with Crippen LogP contribution in [0.5, 0.6) is 0 Å². The van der Waals surface area contributed by atoms with E-state index in [0.29, 0.717) is 30.6 Å². The predicted molar refractivity (Wildman–Crippen MR) is 507 cm³/mol. The van der Waals surface area contributed by atoms with E-state index in [2.05, 4.69) is 314 Å². The average molecular weight is 2190 g/mol. The Morgan fingerprint density at radius 2 is 0.752 bits per heavy atom. The second-order valence-corrected chi connectivity index (χ2v) is 35.1. The molecule has 13 heteroatoms. The van der Waals surface area contributed by atoms with Gasteiger partial charge >= 0.3 is 0 Å². The summed E-state index contributed by atoms with van der Waals surface area (Å²) in [5.41, 5.74) is 35.0. The van der Waals surface area contributed by atoms with E-state index < -0.39 is 0 Å². The van der Waals surface area contributed by atoms with Gasteiger partial charge in [-0.05, 0) is 178 Å². The Balaban J connectivity index is 0.000000183. The van der Waals surface area contributed by atoms with Gasteiger partial charge in [0, 0.05) is 135 Å². The SMILES string of the molecule is CC(=O)C=C(C)O.CC(=O)C=C(C)O.CC(C)CC(=O)C=C(O)CC(C)C.Cc1[c-]c(-c2cc(-c3ccccc3)c3cc4c(cc3n2)C(C)(C)c2ccccc2-4)cc(C)c1.Cc1[c-]c(-c2cc(-c3ccccc3)c3cc4c(cc3n2)C(C)(C)c2ccccc2-4)cc(C)c1.Cc1[c-]c(-c2cc(CC(C)C)c3cc4c(cc3n2)oc2ccccc24)cc(C)c1.[Ir].[Ir].[Ir]. The Labute approximate surface area is 779 Å². The summed E-state index contributed by atoms with van der Waals surface area (Å²) in [6.07, 6.45) is 5.81. The number of fused-ring (bicyclic) bond motifs is 12. The number of benzene rings is 11. The van der Waals surface area contributed by atoms with E-state index in [1.54, 1.807) is 0 Å². The number of rotatable bonds is 14. The summed E-state index contributed by atoms with van der Waals surface area (Å²) in [7, 11) is 0. The number of aliphatic hydroxyl groups is 3. The van der Waals surface area contributed by atoms with E-state index in [9.17, 15) is 19.5 Å². The number of ketones is 3. The molecule has 3 radical (unpaired) electrons. The Morgan fingerprint density at radius 1 is 0.368 bits per heavy atom. The zero-order valence-corrected chi connectivity index (χ0v) is 82.4. The first-order chi connectivity index (χ1) is 58.0. The van der Waals surface area contributed by atoms with Gasteiger partial charge in [-0.2, -0.15) is 0 Å². The minimum Gasteiger partial charge on any atom is -0.512 e. The first-order valence-corrected chi connectivity index (χ1v) is 42.2. The van der Waals surface area contributed by atoms with Gasteiger partial charge < -0.3 is 19.7 Å². The number of hydrogen-bond donors (Lipinski definition) is 3. The summed E-state index contributed by atoms with van der Waals surface area (Å²) in [5, 5.41) is 32.0. The zero-order chi connectivity index (χ0) is 87.8. The second kappa shape index (κ2) is 42.3. The van der Waals surface area contributed by atoms with Crippen molar-refractivity contribution in [2.24, 2.45) is 17.8 Å². The van der Waals surface area contributed by atoms with E-state index in [1.807, 2.05) is 39.8 Å². The van der Waals surface area contributed by atoms with Crippen molar-refractivity contribution in [2.45, 2.75) is 169 Å². The number of nitrogens with zero attached hydrogens (tertiary/aromatic N) is 3. The number of allylic oxidation sites excluding steroid dienone is 6. The summed E-state index contributed by atoms with van der Waals surface area (Å²) >= 11 is 0. The molecule has 0 amide bonds. The van der Waals surface area contributed by atoms with Gasteiger partial charge in [-0.25, -0.2) is 0 Å². The Morgan fingerprint density at radius 3 is 1.14 bits per heavy atom. The molecule has 0 unspecified atom stereocenters. The molecule has 125 heavy (non-hydrogen) atoms. The number of furan rings is 1. The van der Waals surface area contributed by atoms with E-state index >= 15 is 0 Å². The fourth-order valence-electron chi connectivity index (χ4n) is 16.9. The van der Waals surface area contributed by atoms with Crippen molar-refractivity contribution in [1.82, 2.24) is 15.0 Å². The van der Waals surface area contributed by atoms with E-state index in [4.69, 9.17) is 29.6 Å². The fraction of sp³-hybridized carbons (Fsp3) is 0.250. The number of pyridine rings is 3. The molecule has 0 aliphatic heterocycles. The average Bonchev–Trinajstić information content (AvgIpc) is 1.57. The van der Waals surface area contributed by atoms with Crippen LogP contribution in [-0.4, -0.2) is 47.6 Å². The van der Waals surface area contributed by atoms with Gasteiger partial charge in [-0.1, -0.05) is 256 Å². The molecule has 3 N–H and O–H groups in total. The van der Waals surface area contributed by atoms with Crippen LogP contribution < -0.4 is 0 Å². The maximum atomic E-state index is 11.2. The van der Waals surface area contributed by atoms with Gasteiger partial charge in [-0.15, -0.1) is 105 Å². The van der Waals surface area contributed by atoms with Crippen LogP contribution >= 0.6 is 0 Å². The molecule has 4 heterocycles. The van der Waals surface area contributed by atoms with Gasteiger partial charge in [0.15, 0.2) is 17.3 Å². The summed E-state index contributed by atoms with van der Waals surface area (Å²) in [6, 6.07) is 91.2. The molecule has 647 valence electrons. The molecule has 0 fully saturated rings. The van der Waals surface area contributed by atoms with Crippen LogP contribution in [0.15, 0.2) is 264 Å². The van der Waals surface area contributed by atoms with E-state index in [1.165, 1.54) is 151 Å². The van der Waals surface area contributed by atoms with Crippen LogP contribution in [0.1, 0.15) is 171 Å². The van der Waals surface area contributed by atoms with Crippen molar-refractivity contribution >= 4 is 72.0 Å². The van der Waals surface area contributed by atoms with Crippen molar-refractivity contribution in [3.63, 3.8) is 0 Å². The van der Waals surface area contributed by atoms with E-state index in [0.717, 1.165) is 95.4 Å². The third-order valence-corrected chi connectivity index (χ3v) is 21.9. The van der Waals surface area contributed by atoms with Crippen LogP contribution in [-0.2, 0) is 92.0 Å². The maximum absolute atomic E-state index is 11.2. The fourth-order valence-corrected chi connectivity index (χ4v) is 16.9. The normalized spacial score (nSPS) is 12.6. The number of carbonyl (C=O) groups is 3. The van der Waals surface area contributed by atoms with E-state index in [-0.39, 0.29) is 106 Å². The summed E-state index contributed by atoms with van der Waals surface area (Å²) in [4.78, 5) is 46.6. The quantitative estimate of drug-likeness (QED) is 0.0542. The zero-order valence-electron chi connectivity index (χ0n) is 75.3. The molecule has 2 aliphatic rings. The topological polar surface area (TPSA) is 164 Å². The summed E-state index contributed by atoms with van der Waals surface area (Å²) in [6.45, 7) is 40.2. The van der Waals surface area contributed by atoms with Crippen molar-refractivity contribution in [3.05, 3.63) is 339 Å². The minimum absolute atomic E-state index is 0. The first kappa shape index (κ1) is 97.8. The van der Waals surface area contributed by atoms with Crippen LogP contribution in [0.3, 0.4) is 0 Å². The van der Waals surface area contributed by atoms with Crippen molar-refractivity contribution in [1.29, 1.82) is 0 Å². The van der Waals surface area contributed by atoms with Crippen molar-refractivity contribution in [2.75, 3.05) is 0 Å². The number of hydrogen-bond acceptors (Lipinski definition) is 10. The third-order valence-electron chi connectivity index (χ3n) is 21.9. The minimum atomic E-state index is -0.125. The second-order valence-electron chi connectivity index (χ2n) is 35.1. The third kappa shape index (κ3) is 23.8. The molecule has 4 aromatic heterocycles. The molecule has 15 aromatic rings. The maximum Gasteiger partial charge on any atom is 0.159 e. The number of aryl methyl sites for hydroxylation is 6. The smallest absolute Gasteiger partial charge is 0.159 e.